The Hall–Kier alpha value is -2.80. The lowest BCUT2D eigenvalue weighted by atomic mass is 10.1. The van der Waals surface area contributed by atoms with Gasteiger partial charge in [-0.1, -0.05) is 29.8 Å². The summed E-state index contributed by atoms with van der Waals surface area (Å²) in [5.74, 6) is -0.423. The maximum atomic E-state index is 12.6. The molecule has 26 heavy (non-hydrogen) atoms. The van der Waals surface area contributed by atoms with Gasteiger partial charge in [-0.05, 0) is 35.9 Å². The van der Waals surface area contributed by atoms with Gasteiger partial charge in [0, 0.05) is 17.1 Å². The Bertz CT molecular complexity index is 921. The molecule has 0 fully saturated rings. The van der Waals surface area contributed by atoms with Crippen LogP contribution in [0.4, 0.5) is 13.2 Å². The quantitative estimate of drug-likeness (QED) is 0.697. The van der Waals surface area contributed by atoms with Crippen LogP contribution in [0.3, 0.4) is 0 Å². The standard InChI is InChI=1S/C18H12ClF3N2O2/c19-14-4-2-1-3-12(14)9-23-16(25)15-10-26-17(24-15)11-5-7-13(8-6-11)18(20,21)22/h1-8,10H,9H2,(H,23,25). The number of hydrogen-bond acceptors (Lipinski definition) is 3. The highest BCUT2D eigenvalue weighted by Crippen LogP contribution is 2.30. The topological polar surface area (TPSA) is 55.1 Å². The number of carbonyl (C=O) groups excluding carboxylic acids is 1. The number of aromatic nitrogens is 1. The molecule has 3 rings (SSSR count). The van der Waals surface area contributed by atoms with Crippen molar-refractivity contribution in [1.29, 1.82) is 0 Å². The van der Waals surface area contributed by atoms with E-state index in [1.807, 2.05) is 0 Å². The van der Waals surface area contributed by atoms with Crippen molar-refractivity contribution >= 4 is 17.5 Å². The van der Waals surface area contributed by atoms with Crippen LogP contribution in [0, 0.1) is 0 Å². The van der Waals surface area contributed by atoms with Crippen LogP contribution in [-0.2, 0) is 12.7 Å². The first-order chi connectivity index (χ1) is 12.3. The van der Waals surface area contributed by atoms with E-state index in [1.165, 1.54) is 12.1 Å². The first-order valence-corrected chi connectivity index (χ1v) is 7.87. The summed E-state index contributed by atoms with van der Waals surface area (Å²) in [6.45, 7) is 0.209. The average Bonchev–Trinajstić information content (AvgIpc) is 3.10. The number of amides is 1. The van der Waals surface area contributed by atoms with Crippen molar-refractivity contribution < 1.29 is 22.4 Å². The van der Waals surface area contributed by atoms with E-state index in [9.17, 15) is 18.0 Å². The van der Waals surface area contributed by atoms with E-state index in [0.717, 1.165) is 24.0 Å². The molecule has 0 spiro atoms. The van der Waals surface area contributed by atoms with Crippen LogP contribution >= 0.6 is 11.6 Å². The molecule has 0 bridgehead atoms. The van der Waals surface area contributed by atoms with Crippen molar-refractivity contribution in [3.05, 3.63) is 76.6 Å². The largest absolute Gasteiger partial charge is 0.444 e. The number of benzene rings is 2. The Morgan fingerprint density at radius 2 is 1.81 bits per heavy atom. The summed E-state index contributed by atoms with van der Waals surface area (Å²) in [4.78, 5) is 16.1. The molecule has 0 atom stereocenters. The molecule has 0 unspecified atom stereocenters. The van der Waals surface area contributed by atoms with Gasteiger partial charge < -0.3 is 9.73 Å². The Labute approximate surface area is 151 Å². The number of nitrogens with zero attached hydrogens (tertiary/aromatic N) is 1. The van der Waals surface area contributed by atoms with Gasteiger partial charge in [0.05, 0.1) is 5.56 Å². The Kier molecular flexibility index (Phi) is 4.99. The summed E-state index contributed by atoms with van der Waals surface area (Å²) < 4.78 is 42.9. The number of hydrogen-bond donors (Lipinski definition) is 1. The zero-order chi connectivity index (χ0) is 18.7. The first kappa shape index (κ1) is 18.0. The molecule has 1 amide bonds. The van der Waals surface area contributed by atoms with Crippen molar-refractivity contribution in [2.24, 2.45) is 0 Å². The van der Waals surface area contributed by atoms with E-state index in [-0.39, 0.29) is 18.1 Å². The van der Waals surface area contributed by atoms with Crippen LogP contribution in [0.5, 0.6) is 0 Å². The molecule has 3 aromatic rings. The van der Waals surface area contributed by atoms with Crippen molar-refractivity contribution in [3.63, 3.8) is 0 Å². The lowest BCUT2D eigenvalue weighted by molar-refractivity contribution is -0.137. The Morgan fingerprint density at radius 3 is 2.46 bits per heavy atom. The van der Waals surface area contributed by atoms with Crippen LogP contribution in [-0.4, -0.2) is 10.9 Å². The number of rotatable bonds is 4. The monoisotopic (exact) mass is 380 g/mol. The third-order valence-electron chi connectivity index (χ3n) is 3.59. The number of nitrogens with one attached hydrogen (secondary N) is 1. The van der Waals surface area contributed by atoms with Crippen molar-refractivity contribution in [3.8, 4) is 11.5 Å². The van der Waals surface area contributed by atoms with Crippen LogP contribution in [0.1, 0.15) is 21.6 Å². The van der Waals surface area contributed by atoms with Gasteiger partial charge in [0.15, 0.2) is 5.69 Å². The molecule has 0 aliphatic rings. The van der Waals surface area contributed by atoms with Gasteiger partial charge in [-0.3, -0.25) is 4.79 Å². The van der Waals surface area contributed by atoms with Gasteiger partial charge >= 0.3 is 6.18 Å². The third-order valence-corrected chi connectivity index (χ3v) is 3.96. The predicted octanol–water partition coefficient (Wildman–Crippen LogP) is 4.94. The summed E-state index contributed by atoms with van der Waals surface area (Å²) in [5, 5.41) is 3.18. The molecule has 8 heteroatoms. The molecule has 0 aliphatic carbocycles. The van der Waals surface area contributed by atoms with Crippen LogP contribution in [0.2, 0.25) is 5.02 Å². The molecule has 1 aromatic heterocycles. The smallest absolute Gasteiger partial charge is 0.416 e. The first-order valence-electron chi connectivity index (χ1n) is 7.49. The lowest BCUT2D eigenvalue weighted by Crippen LogP contribution is -2.23. The average molecular weight is 381 g/mol. The van der Waals surface area contributed by atoms with Crippen LogP contribution in [0.15, 0.2) is 59.2 Å². The highest BCUT2D eigenvalue weighted by Gasteiger charge is 2.30. The van der Waals surface area contributed by atoms with E-state index < -0.39 is 17.6 Å². The zero-order valence-electron chi connectivity index (χ0n) is 13.2. The highest BCUT2D eigenvalue weighted by molar-refractivity contribution is 6.31. The van der Waals surface area contributed by atoms with Crippen molar-refractivity contribution in [2.75, 3.05) is 0 Å². The van der Waals surface area contributed by atoms with Crippen molar-refractivity contribution in [2.45, 2.75) is 12.7 Å². The summed E-state index contributed by atoms with van der Waals surface area (Å²) >= 11 is 6.02. The van der Waals surface area contributed by atoms with Gasteiger partial charge in [0.1, 0.15) is 6.26 Å². The number of halogens is 4. The molecule has 1 N–H and O–H groups in total. The minimum Gasteiger partial charge on any atom is -0.444 e. The van der Waals surface area contributed by atoms with Gasteiger partial charge in [-0.15, -0.1) is 0 Å². The summed E-state index contributed by atoms with van der Waals surface area (Å²) in [6, 6.07) is 11.4. The van der Waals surface area contributed by atoms with Gasteiger partial charge in [-0.25, -0.2) is 4.98 Å². The van der Waals surface area contributed by atoms with Crippen LogP contribution in [0.25, 0.3) is 11.5 Å². The molecule has 0 saturated carbocycles. The number of oxazole rings is 1. The predicted molar refractivity (Wildman–Crippen MR) is 89.6 cm³/mol. The summed E-state index contributed by atoms with van der Waals surface area (Å²) in [6.07, 6.45) is -3.27. The van der Waals surface area contributed by atoms with Gasteiger partial charge in [0.2, 0.25) is 5.89 Å². The molecule has 4 nitrogen and oxygen atoms in total. The maximum absolute atomic E-state index is 12.6. The van der Waals surface area contributed by atoms with Gasteiger partial charge in [0.25, 0.3) is 5.91 Å². The highest BCUT2D eigenvalue weighted by atomic mass is 35.5. The SMILES string of the molecule is O=C(NCc1ccccc1Cl)c1coc(-c2ccc(C(F)(F)F)cc2)n1. The number of carbonyl (C=O) groups is 1. The normalized spacial score (nSPS) is 11.4. The summed E-state index contributed by atoms with van der Waals surface area (Å²) in [7, 11) is 0. The number of alkyl halides is 3. The molecule has 1 heterocycles. The molecular formula is C18H12ClF3N2O2. The van der Waals surface area contributed by atoms with E-state index in [1.54, 1.807) is 24.3 Å². The van der Waals surface area contributed by atoms with E-state index in [2.05, 4.69) is 10.3 Å². The summed E-state index contributed by atoms with van der Waals surface area (Å²) in [5.41, 5.74) is 0.328. The molecule has 0 radical (unpaired) electrons. The van der Waals surface area contributed by atoms with E-state index in [4.69, 9.17) is 16.0 Å². The van der Waals surface area contributed by atoms with Crippen molar-refractivity contribution in [1.82, 2.24) is 10.3 Å². The second-order valence-corrected chi connectivity index (χ2v) is 5.79. The second kappa shape index (κ2) is 7.21. The lowest BCUT2D eigenvalue weighted by Gasteiger charge is -2.06. The Morgan fingerprint density at radius 1 is 1.12 bits per heavy atom. The van der Waals surface area contributed by atoms with Gasteiger partial charge in [-0.2, -0.15) is 13.2 Å². The Balaban J connectivity index is 1.69. The van der Waals surface area contributed by atoms with E-state index in [0.29, 0.717) is 10.6 Å². The second-order valence-electron chi connectivity index (χ2n) is 5.39. The van der Waals surface area contributed by atoms with E-state index >= 15 is 0 Å². The molecular weight excluding hydrogens is 369 g/mol. The molecule has 134 valence electrons. The minimum atomic E-state index is -4.42. The fourth-order valence-electron chi connectivity index (χ4n) is 2.22. The molecule has 2 aromatic carbocycles. The minimum absolute atomic E-state index is 0.0203. The fourth-order valence-corrected chi connectivity index (χ4v) is 2.42. The third kappa shape index (κ3) is 4.05. The fraction of sp³-hybridized carbons (Fsp3) is 0.111. The zero-order valence-corrected chi connectivity index (χ0v) is 13.9. The maximum Gasteiger partial charge on any atom is 0.416 e. The molecule has 0 saturated heterocycles. The van der Waals surface area contributed by atoms with Crippen LogP contribution < -0.4 is 5.32 Å². The molecule has 0 aliphatic heterocycles.